The zero-order chi connectivity index (χ0) is 15.8. The van der Waals surface area contributed by atoms with Crippen molar-refractivity contribution >= 4 is 11.7 Å². The minimum atomic E-state index is 0.0370. The predicted molar refractivity (Wildman–Crippen MR) is 92.5 cm³/mol. The maximum absolute atomic E-state index is 11.9. The normalized spacial score (nSPS) is 14.7. The molecule has 1 aliphatic rings. The standard InChI is InChI=1S/C18H29N3O/c1-3-20(4-2)18(22)19-13-12-16-8-10-17(11-9-16)21-14-6-5-7-15-21/h8-11H,3-7,12-15H2,1-2H3,(H,19,22). The lowest BCUT2D eigenvalue weighted by atomic mass is 10.1. The van der Waals surface area contributed by atoms with Crippen molar-refractivity contribution in [2.45, 2.75) is 39.5 Å². The summed E-state index contributed by atoms with van der Waals surface area (Å²) in [4.78, 5) is 16.1. The van der Waals surface area contributed by atoms with Gasteiger partial charge in [-0.2, -0.15) is 0 Å². The van der Waals surface area contributed by atoms with E-state index in [1.165, 1.54) is 43.6 Å². The molecule has 0 saturated carbocycles. The number of urea groups is 1. The third-order valence-corrected chi connectivity index (χ3v) is 4.40. The lowest BCUT2D eigenvalue weighted by molar-refractivity contribution is 0.203. The minimum Gasteiger partial charge on any atom is -0.372 e. The van der Waals surface area contributed by atoms with Crippen molar-refractivity contribution in [1.29, 1.82) is 0 Å². The first-order valence-corrected chi connectivity index (χ1v) is 8.61. The van der Waals surface area contributed by atoms with Gasteiger partial charge in [-0.15, -0.1) is 0 Å². The van der Waals surface area contributed by atoms with E-state index in [0.717, 1.165) is 19.5 Å². The highest BCUT2D eigenvalue weighted by atomic mass is 16.2. The highest BCUT2D eigenvalue weighted by Crippen LogP contribution is 2.20. The molecule has 1 saturated heterocycles. The number of benzene rings is 1. The van der Waals surface area contributed by atoms with Gasteiger partial charge in [0.1, 0.15) is 0 Å². The van der Waals surface area contributed by atoms with Gasteiger partial charge in [-0.05, 0) is 57.2 Å². The van der Waals surface area contributed by atoms with Crippen LogP contribution in [0.15, 0.2) is 24.3 Å². The second-order valence-corrected chi connectivity index (χ2v) is 5.87. The number of nitrogens with zero attached hydrogens (tertiary/aromatic N) is 2. The summed E-state index contributed by atoms with van der Waals surface area (Å²) < 4.78 is 0. The molecule has 1 aromatic rings. The number of hydrogen-bond acceptors (Lipinski definition) is 2. The molecular formula is C18H29N3O. The Hall–Kier alpha value is -1.71. The quantitative estimate of drug-likeness (QED) is 0.875. The first-order valence-electron chi connectivity index (χ1n) is 8.61. The molecule has 4 heteroatoms. The predicted octanol–water partition coefficient (Wildman–Crippen LogP) is 3.27. The summed E-state index contributed by atoms with van der Waals surface area (Å²) in [6.45, 7) is 8.57. The molecule has 1 aliphatic heterocycles. The summed E-state index contributed by atoms with van der Waals surface area (Å²) in [6, 6.07) is 8.84. The van der Waals surface area contributed by atoms with Crippen molar-refractivity contribution in [3.63, 3.8) is 0 Å². The first-order chi connectivity index (χ1) is 10.7. The molecule has 0 bridgehead atoms. The number of rotatable bonds is 6. The van der Waals surface area contributed by atoms with E-state index in [1.807, 2.05) is 13.8 Å². The average molecular weight is 303 g/mol. The monoisotopic (exact) mass is 303 g/mol. The van der Waals surface area contributed by atoms with Crippen LogP contribution in [-0.4, -0.2) is 43.7 Å². The number of anilines is 1. The highest BCUT2D eigenvalue weighted by molar-refractivity contribution is 5.74. The fourth-order valence-corrected chi connectivity index (χ4v) is 2.96. The van der Waals surface area contributed by atoms with Crippen LogP contribution in [0.3, 0.4) is 0 Å². The van der Waals surface area contributed by atoms with Gasteiger partial charge in [0.15, 0.2) is 0 Å². The van der Waals surface area contributed by atoms with E-state index < -0.39 is 0 Å². The zero-order valence-corrected chi connectivity index (χ0v) is 14.0. The van der Waals surface area contributed by atoms with Crippen LogP contribution >= 0.6 is 0 Å². The van der Waals surface area contributed by atoms with Crippen molar-refractivity contribution in [3.05, 3.63) is 29.8 Å². The van der Waals surface area contributed by atoms with E-state index in [1.54, 1.807) is 4.90 Å². The van der Waals surface area contributed by atoms with Gasteiger partial charge in [-0.3, -0.25) is 0 Å². The Balaban J connectivity index is 1.77. The van der Waals surface area contributed by atoms with Crippen LogP contribution in [-0.2, 0) is 6.42 Å². The molecule has 1 heterocycles. The summed E-state index contributed by atoms with van der Waals surface area (Å²) in [7, 11) is 0. The molecule has 22 heavy (non-hydrogen) atoms. The van der Waals surface area contributed by atoms with Gasteiger partial charge in [0, 0.05) is 38.4 Å². The Bertz CT molecular complexity index is 448. The van der Waals surface area contributed by atoms with Crippen LogP contribution in [0, 0.1) is 0 Å². The Labute approximate surface area is 134 Å². The number of nitrogens with one attached hydrogen (secondary N) is 1. The van der Waals surface area contributed by atoms with E-state index >= 15 is 0 Å². The van der Waals surface area contributed by atoms with E-state index in [4.69, 9.17) is 0 Å². The molecule has 0 aliphatic carbocycles. The Morgan fingerprint density at radius 3 is 2.32 bits per heavy atom. The van der Waals surface area contributed by atoms with E-state index in [0.29, 0.717) is 6.54 Å². The fourth-order valence-electron chi connectivity index (χ4n) is 2.96. The molecule has 0 spiro atoms. The van der Waals surface area contributed by atoms with E-state index in [2.05, 4.69) is 34.5 Å². The molecule has 2 rings (SSSR count). The van der Waals surface area contributed by atoms with Gasteiger partial charge < -0.3 is 15.1 Å². The smallest absolute Gasteiger partial charge is 0.317 e. The van der Waals surface area contributed by atoms with Crippen LogP contribution in [0.4, 0.5) is 10.5 Å². The van der Waals surface area contributed by atoms with Crippen molar-refractivity contribution in [3.8, 4) is 0 Å². The van der Waals surface area contributed by atoms with Crippen LogP contribution in [0.1, 0.15) is 38.7 Å². The lowest BCUT2D eigenvalue weighted by Gasteiger charge is -2.28. The molecule has 1 aromatic carbocycles. The Morgan fingerprint density at radius 1 is 1.09 bits per heavy atom. The number of carbonyl (C=O) groups excluding carboxylic acids is 1. The Kier molecular flexibility index (Phi) is 6.56. The minimum absolute atomic E-state index is 0.0370. The second kappa shape index (κ2) is 8.66. The van der Waals surface area contributed by atoms with Gasteiger partial charge in [0.2, 0.25) is 0 Å². The summed E-state index contributed by atoms with van der Waals surface area (Å²) in [5.74, 6) is 0. The van der Waals surface area contributed by atoms with Crippen LogP contribution in [0.5, 0.6) is 0 Å². The molecule has 122 valence electrons. The third kappa shape index (κ3) is 4.65. The third-order valence-electron chi connectivity index (χ3n) is 4.40. The zero-order valence-electron chi connectivity index (χ0n) is 14.0. The maximum Gasteiger partial charge on any atom is 0.317 e. The van der Waals surface area contributed by atoms with Crippen molar-refractivity contribution < 1.29 is 4.79 Å². The molecule has 0 atom stereocenters. The second-order valence-electron chi connectivity index (χ2n) is 5.87. The first kappa shape index (κ1) is 16.7. The lowest BCUT2D eigenvalue weighted by Crippen LogP contribution is -2.40. The molecule has 1 N–H and O–H groups in total. The van der Waals surface area contributed by atoms with E-state index in [9.17, 15) is 4.79 Å². The Morgan fingerprint density at radius 2 is 1.73 bits per heavy atom. The summed E-state index contributed by atoms with van der Waals surface area (Å²) >= 11 is 0. The summed E-state index contributed by atoms with van der Waals surface area (Å²) in [5, 5.41) is 2.99. The van der Waals surface area contributed by atoms with Gasteiger partial charge in [-0.1, -0.05) is 12.1 Å². The number of amides is 2. The summed E-state index contributed by atoms with van der Waals surface area (Å²) in [6.07, 6.45) is 4.85. The molecule has 0 aromatic heterocycles. The average Bonchev–Trinajstić information content (AvgIpc) is 2.57. The number of piperidine rings is 1. The SMILES string of the molecule is CCN(CC)C(=O)NCCc1ccc(N2CCCCC2)cc1. The van der Waals surface area contributed by atoms with Gasteiger partial charge in [0.25, 0.3) is 0 Å². The van der Waals surface area contributed by atoms with Crippen molar-refractivity contribution in [2.75, 3.05) is 37.6 Å². The molecule has 0 unspecified atom stereocenters. The molecule has 4 nitrogen and oxygen atoms in total. The van der Waals surface area contributed by atoms with Gasteiger partial charge in [-0.25, -0.2) is 4.79 Å². The number of hydrogen-bond donors (Lipinski definition) is 1. The number of carbonyl (C=O) groups is 1. The highest BCUT2D eigenvalue weighted by Gasteiger charge is 2.11. The van der Waals surface area contributed by atoms with Gasteiger partial charge in [0.05, 0.1) is 0 Å². The van der Waals surface area contributed by atoms with Crippen LogP contribution in [0.2, 0.25) is 0 Å². The van der Waals surface area contributed by atoms with E-state index in [-0.39, 0.29) is 6.03 Å². The van der Waals surface area contributed by atoms with Crippen LogP contribution < -0.4 is 10.2 Å². The van der Waals surface area contributed by atoms with Gasteiger partial charge >= 0.3 is 6.03 Å². The maximum atomic E-state index is 11.9. The molecular weight excluding hydrogens is 274 g/mol. The molecule has 0 radical (unpaired) electrons. The topological polar surface area (TPSA) is 35.6 Å². The fraction of sp³-hybridized carbons (Fsp3) is 0.611. The van der Waals surface area contributed by atoms with Crippen molar-refractivity contribution in [2.24, 2.45) is 0 Å². The largest absolute Gasteiger partial charge is 0.372 e. The molecule has 2 amide bonds. The molecule has 1 fully saturated rings. The van der Waals surface area contributed by atoms with Crippen LogP contribution in [0.25, 0.3) is 0 Å². The summed E-state index contributed by atoms with van der Waals surface area (Å²) in [5.41, 5.74) is 2.61. The van der Waals surface area contributed by atoms with Crippen molar-refractivity contribution in [1.82, 2.24) is 10.2 Å².